The van der Waals surface area contributed by atoms with E-state index in [1.165, 1.54) is 6.08 Å². The van der Waals surface area contributed by atoms with Gasteiger partial charge in [0, 0.05) is 12.0 Å². The fourth-order valence-electron chi connectivity index (χ4n) is 1.15. The maximum atomic E-state index is 10.8. The number of carboxylic acid groups (broad SMARTS) is 3. The van der Waals surface area contributed by atoms with Crippen molar-refractivity contribution in [2.24, 2.45) is 11.8 Å². The van der Waals surface area contributed by atoms with E-state index in [4.69, 9.17) is 15.3 Å². The molecule has 0 saturated carbocycles. The number of allylic oxidation sites excluding steroid dienone is 2. The predicted octanol–water partition coefficient (Wildman–Crippen LogP) is 0.605. The summed E-state index contributed by atoms with van der Waals surface area (Å²) in [5.41, 5.74) is 0. The van der Waals surface area contributed by atoms with Gasteiger partial charge >= 0.3 is 17.9 Å². The van der Waals surface area contributed by atoms with E-state index in [1.54, 1.807) is 0 Å². The molecule has 2 unspecified atom stereocenters. The molecule has 0 bridgehead atoms. The SMILES string of the molecule is C=CC(/C=C/C(=O)O)C(CC(=O)O)C(=O)O. The van der Waals surface area contributed by atoms with E-state index in [0.717, 1.165) is 12.2 Å². The van der Waals surface area contributed by atoms with Gasteiger partial charge in [-0.3, -0.25) is 9.59 Å². The lowest BCUT2D eigenvalue weighted by Crippen LogP contribution is -2.24. The molecule has 6 nitrogen and oxygen atoms in total. The molecule has 0 spiro atoms. The smallest absolute Gasteiger partial charge is 0.327 e. The van der Waals surface area contributed by atoms with Gasteiger partial charge in [0.1, 0.15) is 0 Å². The molecule has 0 fully saturated rings. The van der Waals surface area contributed by atoms with Gasteiger partial charge in [0.15, 0.2) is 0 Å². The molecule has 0 aromatic heterocycles. The largest absolute Gasteiger partial charge is 0.481 e. The van der Waals surface area contributed by atoms with Crippen LogP contribution < -0.4 is 0 Å². The van der Waals surface area contributed by atoms with Crippen molar-refractivity contribution < 1.29 is 29.7 Å². The normalized spacial score (nSPS) is 14.2. The van der Waals surface area contributed by atoms with Crippen LogP contribution in [0.5, 0.6) is 0 Å². The Morgan fingerprint density at radius 1 is 1.19 bits per heavy atom. The number of aliphatic carboxylic acids is 3. The number of carboxylic acids is 3. The molecule has 0 aliphatic carbocycles. The van der Waals surface area contributed by atoms with Crippen LogP contribution >= 0.6 is 0 Å². The molecular weight excluding hydrogens is 216 g/mol. The summed E-state index contributed by atoms with van der Waals surface area (Å²) in [5, 5.41) is 25.7. The summed E-state index contributed by atoms with van der Waals surface area (Å²) in [6.45, 7) is 3.35. The molecule has 0 aliphatic rings. The predicted molar refractivity (Wildman–Crippen MR) is 53.8 cm³/mol. The molecule has 0 heterocycles. The fourth-order valence-corrected chi connectivity index (χ4v) is 1.15. The third-order valence-electron chi connectivity index (χ3n) is 1.91. The highest BCUT2D eigenvalue weighted by molar-refractivity contribution is 5.81. The zero-order chi connectivity index (χ0) is 12.7. The number of hydrogen-bond acceptors (Lipinski definition) is 3. The maximum Gasteiger partial charge on any atom is 0.327 e. The lowest BCUT2D eigenvalue weighted by molar-refractivity contribution is -0.149. The van der Waals surface area contributed by atoms with Crippen LogP contribution in [0.3, 0.4) is 0 Å². The molecule has 2 atom stereocenters. The second kappa shape index (κ2) is 6.39. The van der Waals surface area contributed by atoms with Gasteiger partial charge in [-0.15, -0.1) is 6.58 Å². The first-order valence-electron chi connectivity index (χ1n) is 4.36. The third kappa shape index (κ3) is 4.94. The van der Waals surface area contributed by atoms with Crippen molar-refractivity contribution in [3.63, 3.8) is 0 Å². The van der Waals surface area contributed by atoms with Crippen molar-refractivity contribution in [2.45, 2.75) is 6.42 Å². The Morgan fingerprint density at radius 2 is 1.75 bits per heavy atom. The molecular formula is C10H12O6. The van der Waals surface area contributed by atoms with Gasteiger partial charge in [-0.1, -0.05) is 12.2 Å². The first-order chi connectivity index (χ1) is 7.38. The van der Waals surface area contributed by atoms with Crippen LogP contribution in [-0.2, 0) is 14.4 Å². The van der Waals surface area contributed by atoms with Crippen molar-refractivity contribution in [3.05, 3.63) is 24.8 Å². The van der Waals surface area contributed by atoms with Crippen molar-refractivity contribution in [2.75, 3.05) is 0 Å². The highest BCUT2D eigenvalue weighted by atomic mass is 16.4. The summed E-state index contributed by atoms with van der Waals surface area (Å²) in [7, 11) is 0. The van der Waals surface area contributed by atoms with E-state index in [0.29, 0.717) is 0 Å². The van der Waals surface area contributed by atoms with Crippen LogP contribution in [0.1, 0.15) is 6.42 Å². The van der Waals surface area contributed by atoms with E-state index in [1.807, 2.05) is 0 Å². The highest BCUT2D eigenvalue weighted by Gasteiger charge is 2.26. The Morgan fingerprint density at radius 3 is 2.06 bits per heavy atom. The zero-order valence-corrected chi connectivity index (χ0v) is 8.37. The van der Waals surface area contributed by atoms with Gasteiger partial charge in [-0.05, 0) is 0 Å². The molecule has 3 N–H and O–H groups in total. The standard InChI is InChI=1S/C10H12O6/c1-2-6(3-4-8(11)12)7(10(15)16)5-9(13)14/h2-4,6-7H,1,5H2,(H,11,12)(H,13,14)(H,15,16)/b4-3+. The summed E-state index contributed by atoms with van der Waals surface area (Å²) in [5.74, 6) is -5.84. The quantitative estimate of drug-likeness (QED) is 0.434. The van der Waals surface area contributed by atoms with Gasteiger partial charge in [-0.25, -0.2) is 4.79 Å². The molecule has 0 rings (SSSR count). The van der Waals surface area contributed by atoms with Crippen LogP contribution in [0, 0.1) is 11.8 Å². The monoisotopic (exact) mass is 228 g/mol. The molecule has 0 radical (unpaired) electrons. The van der Waals surface area contributed by atoms with Crippen molar-refractivity contribution in [3.8, 4) is 0 Å². The molecule has 0 saturated heterocycles. The Bertz CT molecular complexity index is 330. The zero-order valence-electron chi connectivity index (χ0n) is 8.37. The van der Waals surface area contributed by atoms with Gasteiger partial charge in [0.25, 0.3) is 0 Å². The van der Waals surface area contributed by atoms with E-state index in [2.05, 4.69) is 6.58 Å². The minimum Gasteiger partial charge on any atom is -0.481 e. The van der Waals surface area contributed by atoms with Gasteiger partial charge in [-0.2, -0.15) is 0 Å². The molecule has 0 aliphatic heterocycles. The summed E-state index contributed by atoms with van der Waals surface area (Å²) < 4.78 is 0. The lowest BCUT2D eigenvalue weighted by Gasteiger charge is -2.15. The summed E-state index contributed by atoms with van der Waals surface area (Å²) in [4.78, 5) is 31.5. The van der Waals surface area contributed by atoms with Crippen LogP contribution in [0.2, 0.25) is 0 Å². The molecule has 88 valence electrons. The summed E-state index contributed by atoms with van der Waals surface area (Å²) in [6.07, 6.45) is 2.50. The van der Waals surface area contributed by atoms with Gasteiger partial charge < -0.3 is 15.3 Å². The van der Waals surface area contributed by atoms with Crippen molar-refractivity contribution in [1.29, 1.82) is 0 Å². The number of carbonyl (C=O) groups is 3. The van der Waals surface area contributed by atoms with Crippen molar-refractivity contribution in [1.82, 2.24) is 0 Å². The van der Waals surface area contributed by atoms with Gasteiger partial charge in [0.05, 0.1) is 12.3 Å². The second-order valence-corrected chi connectivity index (χ2v) is 3.05. The average Bonchev–Trinajstić information content (AvgIpc) is 2.15. The lowest BCUT2D eigenvalue weighted by atomic mass is 9.89. The second-order valence-electron chi connectivity index (χ2n) is 3.05. The third-order valence-corrected chi connectivity index (χ3v) is 1.91. The molecule has 6 heteroatoms. The first kappa shape index (κ1) is 13.9. The van der Waals surface area contributed by atoms with Crippen LogP contribution in [0.15, 0.2) is 24.8 Å². The van der Waals surface area contributed by atoms with Gasteiger partial charge in [0.2, 0.25) is 0 Å². The molecule has 0 aromatic carbocycles. The fraction of sp³-hybridized carbons (Fsp3) is 0.300. The Balaban J connectivity index is 4.84. The molecule has 0 aromatic rings. The van der Waals surface area contributed by atoms with E-state index >= 15 is 0 Å². The Hall–Kier alpha value is -2.11. The van der Waals surface area contributed by atoms with E-state index < -0.39 is 36.2 Å². The Labute approximate surface area is 91.5 Å². The van der Waals surface area contributed by atoms with E-state index in [-0.39, 0.29) is 0 Å². The number of rotatable bonds is 7. The molecule has 16 heavy (non-hydrogen) atoms. The Kier molecular flexibility index (Phi) is 5.55. The highest BCUT2D eigenvalue weighted by Crippen LogP contribution is 2.19. The molecule has 0 amide bonds. The number of hydrogen-bond donors (Lipinski definition) is 3. The topological polar surface area (TPSA) is 112 Å². The minimum atomic E-state index is -1.30. The maximum absolute atomic E-state index is 10.8. The van der Waals surface area contributed by atoms with Crippen LogP contribution in [0.25, 0.3) is 0 Å². The average molecular weight is 228 g/mol. The van der Waals surface area contributed by atoms with Crippen molar-refractivity contribution >= 4 is 17.9 Å². The summed E-state index contributed by atoms with van der Waals surface area (Å²) >= 11 is 0. The summed E-state index contributed by atoms with van der Waals surface area (Å²) in [6, 6.07) is 0. The van der Waals surface area contributed by atoms with Crippen LogP contribution in [0.4, 0.5) is 0 Å². The minimum absolute atomic E-state index is 0.587. The first-order valence-corrected chi connectivity index (χ1v) is 4.36. The van der Waals surface area contributed by atoms with E-state index in [9.17, 15) is 14.4 Å². The van der Waals surface area contributed by atoms with Crippen LogP contribution in [-0.4, -0.2) is 33.2 Å².